The highest BCUT2D eigenvalue weighted by Gasteiger charge is 2.25. The van der Waals surface area contributed by atoms with Gasteiger partial charge in [0.1, 0.15) is 5.82 Å². The van der Waals surface area contributed by atoms with Crippen LogP contribution >= 0.6 is 11.3 Å². The fourth-order valence-corrected chi connectivity index (χ4v) is 3.28. The lowest BCUT2D eigenvalue weighted by Crippen LogP contribution is -2.51. The van der Waals surface area contributed by atoms with Crippen LogP contribution in [0.15, 0.2) is 36.5 Å². The van der Waals surface area contributed by atoms with Crippen LogP contribution in [0.25, 0.3) is 0 Å². The van der Waals surface area contributed by atoms with Gasteiger partial charge in [-0.15, -0.1) is 11.3 Å². The number of hydrogen-bond acceptors (Lipinski definition) is 4. The number of anilines is 1. The molecule has 0 unspecified atom stereocenters. The maximum Gasteiger partial charge on any atom is 0.323 e. The average molecular weight is 330 g/mol. The van der Waals surface area contributed by atoms with Crippen molar-refractivity contribution in [2.24, 2.45) is 0 Å². The number of aromatic nitrogens is 1. The number of urea groups is 1. The van der Waals surface area contributed by atoms with Crippen LogP contribution in [0.3, 0.4) is 0 Å². The Morgan fingerprint density at radius 2 is 1.83 bits per heavy atom. The molecule has 3 amide bonds. The van der Waals surface area contributed by atoms with Gasteiger partial charge in [0, 0.05) is 37.3 Å². The smallest absolute Gasteiger partial charge is 0.323 e. The maximum absolute atomic E-state index is 12.4. The Kier molecular flexibility index (Phi) is 4.57. The van der Waals surface area contributed by atoms with Crippen LogP contribution in [0, 0.1) is 6.92 Å². The number of pyridine rings is 1. The SMILES string of the molecule is Cc1ccc(C(=O)N2CCN(C(=O)Nc3ccccn3)CC2)s1. The first-order valence-electron chi connectivity index (χ1n) is 7.46. The molecule has 0 saturated carbocycles. The Labute approximate surface area is 138 Å². The zero-order chi connectivity index (χ0) is 16.2. The fraction of sp³-hybridized carbons (Fsp3) is 0.312. The van der Waals surface area contributed by atoms with Crippen LogP contribution in [-0.2, 0) is 0 Å². The van der Waals surface area contributed by atoms with E-state index in [0.29, 0.717) is 32.0 Å². The molecule has 1 N–H and O–H groups in total. The van der Waals surface area contributed by atoms with Crippen molar-refractivity contribution in [3.05, 3.63) is 46.3 Å². The molecule has 2 aromatic rings. The minimum atomic E-state index is -0.178. The summed E-state index contributed by atoms with van der Waals surface area (Å²) in [7, 11) is 0. The number of thiophene rings is 1. The number of hydrogen-bond donors (Lipinski definition) is 1. The second-order valence-corrected chi connectivity index (χ2v) is 6.62. The Hall–Kier alpha value is -2.41. The van der Waals surface area contributed by atoms with Crippen molar-refractivity contribution in [2.45, 2.75) is 6.92 Å². The van der Waals surface area contributed by atoms with Gasteiger partial charge in [-0.3, -0.25) is 10.1 Å². The van der Waals surface area contributed by atoms with Crippen LogP contribution in [0.4, 0.5) is 10.6 Å². The monoisotopic (exact) mass is 330 g/mol. The van der Waals surface area contributed by atoms with E-state index in [-0.39, 0.29) is 11.9 Å². The molecule has 1 aliphatic heterocycles. The normalized spacial score (nSPS) is 14.7. The van der Waals surface area contributed by atoms with Gasteiger partial charge in [0.2, 0.25) is 0 Å². The van der Waals surface area contributed by atoms with Crippen LogP contribution in [-0.4, -0.2) is 52.9 Å². The standard InChI is InChI=1S/C16H18N4O2S/c1-12-5-6-13(23-12)15(21)19-8-10-20(11-9-19)16(22)18-14-4-2-3-7-17-14/h2-7H,8-11H2,1H3,(H,17,18,22). The van der Waals surface area contributed by atoms with Crippen LogP contribution < -0.4 is 5.32 Å². The van der Waals surface area contributed by atoms with Gasteiger partial charge in [0.05, 0.1) is 4.88 Å². The van der Waals surface area contributed by atoms with Gasteiger partial charge in [-0.25, -0.2) is 9.78 Å². The van der Waals surface area contributed by atoms with E-state index in [2.05, 4.69) is 10.3 Å². The molecule has 3 rings (SSSR count). The van der Waals surface area contributed by atoms with Crippen molar-refractivity contribution in [2.75, 3.05) is 31.5 Å². The van der Waals surface area contributed by atoms with Crippen molar-refractivity contribution in [3.63, 3.8) is 0 Å². The first kappa shape index (κ1) is 15.5. The third-order valence-corrected chi connectivity index (χ3v) is 4.69. The zero-order valence-corrected chi connectivity index (χ0v) is 13.7. The highest BCUT2D eigenvalue weighted by atomic mass is 32.1. The first-order valence-corrected chi connectivity index (χ1v) is 8.28. The number of carbonyl (C=O) groups is 2. The lowest BCUT2D eigenvalue weighted by atomic mass is 10.3. The Morgan fingerprint density at radius 3 is 2.43 bits per heavy atom. The molecule has 1 aliphatic rings. The lowest BCUT2D eigenvalue weighted by Gasteiger charge is -2.34. The molecule has 0 spiro atoms. The molecule has 0 bridgehead atoms. The van der Waals surface area contributed by atoms with E-state index < -0.39 is 0 Å². The quantitative estimate of drug-likeness (QED) is 0.920. The molecule has 1 fully saturated rings. The molecule has 0 aromatic carbocycles. The fourth-order valence-electron chi connectivity index (χ4n) is 2.44. The van der Waals surface area contributed by atoms with Crippen molar-refractivity contribution in [1.29, 1.82) is 0 Å². The van der Waals surface area contributed by atoms with Crippen molar-refractivity contribution in [1.82, 2.24) is 14.8 Å². The predicted octanol–water partition coefficient (Wildman–Crippen LogP) is 2.44. The number of carbonyl (C=O) groups excluding carboxylic acids is 2. The largest absolute Gasteiger partial charge is 0.334 e. The number of nitrogens with zero attached hydrogens (tertiary/aromatic N) is 3. The number of piperazine rings is 1. The molecule has 7 heteroatoms. The number of amides is 3. The zero-order valence-electron chi connectivity index (χ0n) is 12.9. The molecule has 3 heterocycles. The number of rotatable bonds is 2. The average Bonchev–Trinajstić information content (AvgIpc) is 3.02. The minimum absolute atomic E-state index is 0.0490. The molecule has 6 nitrogen and oxygen atoms in total. The molecular formula is C16H18N4O2S. The summed E-state index contributed by atoms with van der Waals surface area (Å²) in [6.45, 7) is 4.13. The van der Waals surface area contributed by atoms with Crippen molar-refractivity contribution < 1.29 is 9.59 Å². The summed E-state index contributed by atoms with van der Waals surface area (Å²) >= 11 is 1.51. The second kappa shape index (κ2) is 6.78. The summed E-state index contributed by atoms with van der Waals surface area (Å²) in [6, 6.07) is 9.00. The molecule has 0 aliphatic carbocycles. The third-order valence-electron chi connectivity index (χ3n) is 3.71. The van der Waals surface area contributed by atoms with Gasteiger partial charge in [-0.1, -0.05) is 6.07 Å². The molecule has 0 radical (unpaired) electrons. The molecule has 120 valence electrons. The van der Waals surface area contributed by atoms with Gasteiger partial charge < -0.3 is 9.80 Å². The highest BCUT2D eigenvalue weighted by Crippen LogP contribution is 2.18. The Morgan fingerprint density at radius 1 is 1.09 bits per heavy atom. The summed E-state index contributed by atoms with van der Waals surface area (Å²) in [4.78, 5) is 34.0. The molecule has 1 saturated heterocycles. The lowest BCUT2D eigenvalue weighted by molar-refractivity contribution is 0.0676. The summed E-state index contributed by atoms with van der Waals surface area (Å²) in [5.41, 5.74) is 0. The maximum atomic E-state index is 12.4. The molecule has 2 aromatic heterocycles. The third kappa shape index (κ3) is 3.68. The predicted molar refractivity (Wildman–Crippen MR) is 89.8 cm³/mol. The molecule has 0 atom stereocenters. The van der Waals surface area contributed by atoms with Gasteiger partial charge in [-0.2, -0.15) is 0 Å². The van der Waals surface area contributed by atoms with E-state index >= 15 is 0 Å². The van der Waals surface area contributed by atoms with Gasteiger partial charge in [0.25, 0.3) is 5.91 Å². The van der Waals surface area contributed by atoms with Crippen LogP contribution in [0.1, 0.15) is 14.5 Å². The second-order valence-electron chi connectivity index (χ2n) is 5.33. The highest BCUT2D eigenvalue weighted by molar-refractivity contribution is 7.13. The van der Waals surface area contributed by atoms with Crippen molar-refractivity contribution in [3.8, 4) is 0 Å². The summed E-state index contributed by atoms with van der Waals surface area (Å²) < 4.78 is 0. The van der Waals surface area contributed by atoms with Crippen LogP contribution in [0.2, 0.25) is 0 Å². The first-order chi connectivity index (χ1) is 11.1. The Balaban J connectivity index is 1.54. The number of aryl methyl sites for hydroxylation is 1. The van der Waals surface area contributed by atoms with Gasteiger partial charge in [0.15, 0.2) is 0 Å². The molecular weight excluding hydrogens is 312 g/mol. The Bertz CT molecular complexity index is 693. The minimum Gasteiger partial charge on any atom is -0.334 e. The van der Waals surface area contributed by atoms with Crippen molar-refractivity contribution >= 4 is 29.1 Å². The summed E-state index contributed by atoms with van der Waals surface area (Å²) in [5.74, 6) is 0.581. The molecule has 23 heavy (non-hydrogen) atoms. The van der Waals surface area contributed by atoms with E-state index in [1.54, 1.807) is 28.1 Å². The topological polar surface area (TPSA) is 65.5 Å². The van der Waals surface area contributed by atoms with Gasteiger partial charge in [-0.05, 0) is 31.2 Å². The van der Waals surface area contributed by atoms with E-state index in [1.807, 2.05) is 25.1 Å². The van der Waals surface area contributed by atoms with Crippen LogP contribution in [0.5, 0.6) is 0 Å². The van der Waals surface area contributed by atoms with E-state index in [1.165, 1.54) is 11.3 Å². The van der Waals surface area contributed by atoms with E-state index in [0.717, 1.165) is 9.75 Å². The van der Waals surface area contributed by atoms with E-state index in [9.17, 15) is 9.59 Å². The van der Waals surface area contributed by atoms with Gasteiger partial charge >= 0.3 is 6.03 Å². The summed E-state index contributed by atoms with van der Waals surface area (Å²) in [6.07, 6.45) is 1.63. The number of nitrogens with one attached hydrogen (secondary N) is 1. The van der Waals surface area contributed by atoms with E-state index in [4.69, 9.17) is 0 Å². The summed E-state index contributed by atoms with van der Waals surface area (Å²) in [5, 5.41) is 2.77.